The van der Waals surface area contributed by atoms with Crippen molar-refractivity contribution in [1.29, 1.82) is 0 Å². The van der Waals surface area contributed by atoms with Gasteiger partial charge in [0.15, 0.2) is 5.82 Å². The zero-order valence-electron chi connectivity index (χ0n) is 14.9. The second-order valence-electron chi connectivity index (χ2n) is 6.99. The van der Waals surface area contributed by atoms with E-state index in [-0.39, 0.29) is 17.4 Å². The second-order valence-corrected chi connectivity index (χ2v) is 6.99. The van der Waals surface area contributed by atoms with Crippen LogP contribution >= 0.6 is 0 Å². The lowest BCUT2D eigenvalue weighted by molar-refractivity contribution is -0.0531. The van der Waals surface area contributed by atoms with Crippen molar-refractivity contribution in [2.75, 3.05) is 50.2 Å². The van der Waals surface area contributed by atoms with Gasteiger partial charge in [0.2, 0.25) is 5.88 Å². The maximum atomic E-state index is 13.7. The lowest BCUT2D eigenvalue weighted by Crippen LogP contribution is -2.66. The lowest BCUT2D eigenvalue weighted by atomic mass is 9.81. The molecule has 2 saturated heterocycles. The van der Waals surface area contributed by atoms with E-state index in [2.05, 4.69) is 19.9 Å². The highest BCUT2D eigenvalue weighted by Crippen LogP contribution is 2.41. The molecule has 2 aliphatic rings. The van der Waals surface area contributed by atoms with Crippen molar-refractivity contribution in [1.82, 2.24) is 15.0 Å². The number of rotatable bonds is 5. The third-order valence-corrected chi connectivity index (χ3v) is 5.08. The van der Waals surface area contributed by atoms with Crippen LogP contribution in [0.4, 0.5) is 16.0 Å². The molecular weight excluding hydrogens is 337 g/mol. The molecule has 0 unspecified atom stereocenters. The largest absolute Gasteiger partial charge is 0.475 e. The monoisotopic (exact) mass is 359 g/mol. The number of nitrogens with zero attached hydrogens (tertiary/aromatic N) is 5. The van der Waals surface area contributed by atoms with Crippen LogP contribution in [0.25, 0.3) is 0 Å². The van der Waals surface area contributed by atoms with Crippen LogP contribution in [0.1, 0.15) is 6.42 Å². The van der Waals surface area contributed by atoms with Crippen molar-refractivity contribution < 1.29 is 13.9 Å². The number of ether oxygens (including phenoxy) is 2. The fourth-order valence-electron chi connectivity index (χ4n) is 3.54. The first-order chi connectivity index (χ1) is 12.6. The summed E-state index contributed by atoms with van der Waals surface area (Å²) in [6.45, 7) is 2.58. The van der Waals surface area contributed by atoms with Crippen molar-refractivity contribution in [3.8, 4) is 5.88 Å². The maximum Gasteiger partial charge on any atom is 0.250 e. The van der Waals surface area contributed by atoms with Gasteiger partial charge in [0.1, 0.15) is 23.6 Å². The minimum atomic E-state index is -0.437. The van der Waals surface area contributed by atoms with Crippen molar-refractivity contribution in [2.24, 2.45) is 5.92 Å². The molecule has 0 bridgehead atoms. The first-order valence-corrected chi connectivity index (χ1v) is 8.69. The molecule has 0 N–H and O–H groups in total. The van der Waals surface area contributed by atoms with E-state index < -0.39 is 5.82 Å². The summed E-state index contributed by atoms with van der Waals surface area (Å²) in [5.41, 5.74) is -0.255. The third kappa shape index (κ3) is 3.05. The minimum absolute atomic E-state index is 0.0529. The molecule has 4 heterocycles. The number of hydrogen-bond acceptors (Lipinski definition) is 7. The van der Waals surface area contributed by atoms with Gasteiger partial charge in [-0.1, -0.05) is 0 Å². The molecule has 138 valence electrons. The van der Waals surface area contributed by atoms with E-state index in [1.54, 1.807) is 12.4 Å². The first-order valence-electron chi connectivity index (χ1n) is 8.69. The number of aromatic nitrogens is 3. The average molecular weight is 359 g/mol. The van der Waals surface area contributed by atoms with Crippen molar-refractivity contribution in [3.63, 3.8) is 0 Å². The average Bonchev–Trinajstić information content (AvgIpc) is 3.04. The van der Waals surface area contributed by atoms with Gasteiger partial charge in [0, 0.05) is 38.9 Å². The Morgan fingerprint density at radius 1 is 1.35 bits per heavy atom. The normalized spacial score (nSPS) is 20.9. The molecule has 2 aromatic heterocycles. The maximum absolute atomic E-state index is 13.7. The van der Waals surface area contributed by atoms with Gasteiger partial charge >= 0.3 is 0 Å². The number of pyridine rings is 1. The summed E-state index contributed by atoms with van der Waals surface area (Å²) in [6.07, 6.45) is 4.01. The van der Waals surface area contributed by atoms with E-state index in [4.69, 9.17) is 9.47 Å². The van der Waals surface area contributed by atoms with E-state index in [0.717, 1.165) is 31.1 Å². The summed E-state index contributed by atoms with van der Waals surface area (Å²) < 4.78 is 25.4. The van der Waals surface area contributed by atoms with Crippen LogP contribution in [0.2, 0.25) is 0 Å². The molecule has 0 aliphatic carbocycles. The summed E-state index contributed by atoms with van der Waals surface area (Å²) in [5.74, 6) is 1.58. The molecule has 2 fully saturated rings. The molecule has 1 spiro atoms. The topological polar surface area (TPSA) is 63.6 Å². The summed E-state index contributed by atoms with van der Waals surface area (Å²) in [7, 11) is 3.90. The van der Waals surface area contributed by atoms with Crippen molar-refractivity contribution >= 4 is 11.6 Å². The highest BCUT2D eigenvalue weighted by molar-refractivity contribution is 5.52. The molecule has 0 aromatic carbocycles. The molecule has 26 heavy (non-hydrogen) atoms. The van der Waals surface area contributed by atoms with Crippen LogP contribution in [-0.2, 0) is 4.74 Å². The fraction of sp³-hybridized carbons (Fsp3) is 0.500. The van der Waals surface area contributed by atoms with Crippen LogP contribution in [0.15, 0.2) is 30.7 Å². The van der Waals surface area contributed by atoms with Crippen LogP contribution in [0.3, 0.4) is 0 Å². The van der Waals surface area contributed by atoms with E-state index in [1.807, 2.05) is 25.1 Å². The molecule has 0 amide bonds. The molecule has 2 aliphatic heterocycles. The van der Waals surface area contributed by atoms with Crippen molar-refractivity contribution in [3.05, 3.63) is 36.5 Å². The zero-order chi connectivity index (χ0) is 18.1. The van der Waals surface area contributed by atoms with Gasteiger partial charge in [-0.3, -0.25) is 0 Å². The number of halogens is 1. The van der Waals surface area contributed by atoms with E-state index in [9.17, 15) is 4.39 Å². The van der Waals surface area contributed by atoms with Gasteiger partial charge in [0.25, 0.3) is 0 Å². The quantitative estimate of drug-likeness (QED) is 0.806. The summed E-state index contributed by atoms with van der Waals surface area (Å²) in [4.78, 5) is 16.7. The van der Waals surface area contributed by atoms with Crippen LogP contribution in [0, 0.1) is 11.7 Å². The molecule has 1 atom stereocenters. The van der Waals surface area contributed by atoms with Crippen molar-refractivity contribution in [2.45, 2.75) is 12.0 Å². The predicted octanol–water partition coefficient (Wildman–Crippen LogP) is 1.75. The van der Waals surface area contributed by atoms with Crippen LogP contribution < -0.4 is 14.5 Å². The Balaban J connectivity index is 1.40. The Morgan fingerprint density at radius 2 is 2.19 bits per heavy atom. The van der Waals surface area contributed by atoms with Crippen LogP contribution in [-0.4, -0.2) is 61.0 Å². The summed E-state index contributed by atoms with van der Waals surface area (Å²) in [5, 5.41) is 0. The van der Waals surface area contributed by atoms with Gasteiger partial charge in [-0.2, -0.15) is 0 Å². The Bertz CT molecular complexity index is 782. The molecule has 8 heteroatoms. The Labute approximate surface area is 151 Å². The fourth-order valence-corrected chi connectivity index (χ4v) is 3.54. The van der Waals surface area contributed by atoms with E-state index in [0.29, 0.717) is 13.2 Å². The molecule has 0 radical (unpaired) electrons. The minimum Gasteiger partial charge on any atom is -0.475 e. The Kier molecular flexibility index (Phi) is 4.36. The van der Waals surface area contributed by atoms with E-state index >= 15 is 0 Å². The predicted molar refractivity (Wildman–Crippen MR) is 95.1 cm³/mol. The third-order valence-electron chi connectivity index (χ3n) is 5.08. The smallest absolute Gasteiger partial charge is 0.250 e. The number of hydrogen-bond donors (Lipinski definition) is 0. The number of anilines is 2. The van der Waals surface area contributed by atoms with Gasteiger partial charge in [-0.15, -0.1) is 0 Å². The SMILES string of the molecule is CN(C)c1cc(N2CC3(C2)OCC[C@H]3COc2ncccc2F)ncn1. The molecule has 7 nitrogen and oxygen atoms in total. The zero-order valence-corrected chi connectivity index (χ0v) is 14.9. The van der Waals surface area contributed by atoms with Gasteiger partial charge in [-0.05, 0) is 18.6 Å². The molecular formula is C18H22FN5O2. The van der Waals surface area contributed by atoms with Gasteiger partial charge < -0.3 is 19.3 Å². The molecule has 0 saturated carbocycles. The first kappa shape index (κ1) is 17.0. The standard InChI is InChI=1S/C18H22FN5O2/c1-23(2)15-8-16(22-12-21-15)24-10-18(11-24)13(5-7-26-18)9-25-17-14(19)4-3-6-20-17/h3-4,6,8,12-13H,5,7,9-11H2,1-2H3/t13-/m0/s1. The van der Waals surface area contributed by atoms with Crippen LogP contribution in [0.5, 0.6) is 5.88 Å². The highest BCUT2D eigenvalue weighted by atomic mass is 19.1. The Hall–Kier alpha value is -2.48. The summed E-state index contributed by atoms with van der Waals surface area (Å²) in [6, 6.07) is 4.87. The van der Waals surface area contributed by atoms with E-state index in [1.165, 1.54) is 12.3 Å². The van der Waals surface area contributed by atoms with Gasteiger partial charge in [0.05, 0.1) is 19.7 Å². The summed E-state index contributed by atoms with van der Waals surface area (Å²) >= 11 is 0. The molecule has 4 rings (SSSR count). The Morgan fingerprint density at radius 3 is 2.96 bits per heavy atom. The highest BCUT2D eigenvalue weighted by Gasteiger charge is 2.53. The van der Waals surface area contributed by atoms with Gasteiger partial charge in [-0.25, -0.2) is 19.3 Å². The molecule has 2 aromatic rings. The second kappa shape index (κ2) is 6.68. The lowest BCUT2D eigenvalue weighted by Gasteiger charge is -2.50.